The van der Waals surface area contributed by atoms with Crippen molar-refractivity contribution < 1.29 is 5.11 Å². The molecule has 0 aromatic carbocycles. The van der Waals surface area contributed by atoms with E-state index in [1.807, 2.05) is 22.9 Å². The molecule has 27 heavy (non-hydrogen) atoms. The molecular weight excluding hydrogens is 342 g/mol. The smallest absolute Gasteiger partial charge is 0.226 e. The van der Waals surface area contributed by atoms with E-state index in [0.29, 0.717) is 24.9 Å². The standard InChI is InChI=1S/C19H27N7O/c1-13(2)26-12-23-16-17(22-11-15-7-5-8-20-10-15)24-19(25-18(16)26)21-9-4-6-14(3)27/h5,7-8,10,12-14,27H,4,6,9,11H2,1-3H3,(H2,21,22,24,25). The molecule has 0 aliphatic rings. The van der Waals surface area contributed by atoms with Gasteiger partial charge in [-0.05, 0) is 45.2 Å². The largest absolute Gasteiger partial charge is 0.393 e. The maximum Gasteiger partial charge on any atom is 0.226 e. The van der Waals surface area contributed by atoms with Gasteiger partial charge >= 0.3 is 0 Å². The third-order valence-electron chi connectivity index (χ3n) is 4.24. The van der Waals surface area contributed by atoms with E-state index < -0.39 is 0 Å². The van der Waals surface area contributed by atoms with Crippen LogP contribution in [0.25, 0.3) is 11.2 Å². The van der Waals surface area contributed by atoms with Crippen LogP contribution in [0.5, 0.6) is 0 Å². The maximum atomic E-state index is 9.40. The Hall–Kier alpha value is -2.74. The van der Waals surface area contributed by atoms with E-state index in [9.17, 15) is 5.11 Å². The van der Waals surface area contributed by atoms with Crippen LogP contribution in [0.2, 0.25) is 0 Å². The first-order valence-electron chi connectivity index (χ1n) is 9.34. The normalized spacial score (nSPS) is 12.5. The minimum Gasteiger partial charge on any atom is -0.393 e. The van der Waals surface area contributed by atoms with Crippen LogP contribution in [-0.4, -0.2) is 42.3 Å². The number of nitrogens with zero attached hydrogens (tertiary/aromatic N) is 5. The summed E-state index contributed by atoms with van der Waals surface area (Å²) in [5.41, 5.74) is 2.62. The second kappa shape index (κ2) is 8.77. The number of anilines is 2. The molecule has 0 radical (unpaired) electrons. The number of nitrogens with one attached hydrogen (secondary N) is 2. The second-order valence-corrected chi connectivity index (χ2v) is 6.95. The third kappa shape index (κ3) is 4.91. The van der Waals surface area contributed by atoms with E-state index in [1.54, 1.807) is 19.4 Å². The van der Waals surface area contributed by atoms with Gasteiger partial charge in [-0.25, -0.2) is 4.98 Å². The minimum absolute atomic E-state index is 0.249. The van der Waals surface area contributed by atoms with Gasteiger partial charge in [0, 0.05) is 31.5 Å². The summed E-state index contributed by atoms with van der Waals surface area (Å²) in [6.07, 6.45) is 6.68. The summed E-state index contributed by atoms with van der Waals surface area (Å²) in [5, 5.41) is 16.0. The van der Waals surface area contributed by atoms with Crippen LogP contribution in [0.1, 0.15) is 45.2 Å². The summed E-state index contributed by atoms with van der Waals surface area (Å²) in [5.74, 6) is 1.26. The van der Waals surface area contributed by atoms with E-state index in [1.165, 1.54) is 0 Å². The summed E-state index contributed by atoms with van der Waals surface area (Å²) >= 11 is 0. The summed E-state index contributed by atoms with van der Waals surface area (Å²) in [6.45, 7) is 7.30. The number of aliphatic hydroxyl groups excluding tert-OH is 1. The number of fused-ring (bicyclic) bond motifs is 1. The molecule has 8 heteroatoms. The zero-order valence-electron chi connectivity index (χ0n) is 16.1. The number of hydrogen-bond acceptors (Lipinski definition) is 7. The monoisotopic (exact) mass is 369 g/mol. The Kier molecular flexibility index (Phi) is 6.18. The van der Waals surface area contributed by atoms with Crippen molar-refractivity contribution in [3.63, 3.8) is 0 Å². The molecule has 0 amide bonds. The summed E-state index contributed by atoms with van der Waals surface area (Å²) in [6, 6.07) is 4.18. The summed E-state index contributed by atoms with van der Waals surface area (Å²) < 4.78 is 2.03. The van der Waals surface area contributed by atoms with E-state index in [4.69, 9.17) is 0 Å². The highest BCUT2D eigenvalue weighted by Crippen LogP contribution is 2.23. The lowest BCUT2D eigenvalue weighted by Crippen LogP contribution is -2.11. The molecule has 3 aromatic rings. The van der Waals surface area contributed by atoms with Gasteiger partial charge in [0.1, 0.15) is 0 Å². The molecule has 0 spiro atoms. The Bertz CT molecular complexity index is 861. The molecule has 144 valence electrons. The van der Waals surface area contributed by atoms with Crippen molar-refractivity contribution in [1.29, 1.82) is 0 Å². The SMILES string of the molecule is CC(O)CCCNc1nc(NCc2cccnc2)c2ncn(C(C)C)c2n1. The Balaban J connectivity index is 1.83. The molecule has 3 N–H and O–H groups in total. The van der Waals surface area contributed by atoms with Crippen molar-refractivity contribution in [3.8, 4) is 0 Å². The minimum atomic E-state index is -0.297. The van der Waals surface area contributed by atoms with Crippen molar-refractivity contribution in [2.24, 2.45) is 0 Å². The first-order chi connectivity index (χ1) is 13.0. The number of imidazole rings is 1. The third-order valence-corrected chi connectivity index (χ3v) is 4.24. The van der Waals surface area contributed by atoms with Gasteiger partial charge in [-0.1, -0.05) is 6.07 Å². The zero-order chi connectivity index (χ0) is 19.2. The van der Waals surface area contributed by atoms with E-state index in [2.05, 4.69) is 44.4 Å². The fraction of sp³-hybridized carbons (Fsp3) is 0.474. The predicted octanol–water partition coefficient (Wildman–Crippen LogP) is 2.99. The second-order valence-electron chi connectivity index (χ2n) is 6.95. The number of pyridine rings is 1. The average molecular weight is 369 g/mol. The fourth-order valence-electron chi connectivity index (χ4n) is 2.78. The van der Waals surface area contributed by atoms with Crippen molar-refractivity contribution in [1.82, 2.24) is 24.5 Å². The first kappa shape index (κ1) is 19.0. The lowest BCUT2D eigenvalue weighted by molar-refractivity contribution is 0.183. The van der Waals surface area contributed by atoms with Crippen molar-refractivity contribution in [3.05, 3.63) is 36.4 Å². The molecular formula is C19H27N7O. The van der Waals surface area contributed by atoms with Gasteiger partial charge in [0.2, 0.25) is 5.95 Å². The summed E-state index contributed by atoms with van der Waals surface area (Å²) in [7, 11) is 0. The Morgan fingerprint density at radius 2 is 2.04 bits per heavy atom. The quantitative estimate of drug-likeness (QED) is 0.498. The van der Waals surface area contributed by atoms with Gasteiger partial charge in [-0.3, -0.25) is 4.98 Å². The molecule has 3 rings (SSSR count). The molecule has 3 aromatic heterocycles. The fourth-order valence-corrected chi connectivity index (χ4v) is 2.78. The Morgan fingerprint density at radius 3 is 2.74 bits per heavy atom. The molecule has 0 bridgehead atoms. The number of hydrogen-bond donors (Lipinski definition) is 3. The first-order valence-corrected chi connectivity index (χ1v) is 9.34. The topological polar surface area (TPSA) is 101 Å². The predicted molar refractivity (Wildman–Crippen MR) is 107 cm³/mol. The molecule has 0 aliphatic carbocycles. The highest BCUT2D eigenvalue weighted by Gasteiger charge is 2.14. The van der Waals surface area contributed by atoms with Gasteiger partial charge in [-0.15, -0.1) is 0 Å². The van der Waals surface area contributed by atoms with Gasteiger partial charge in [0.05, 0.1) is 12.4 Å². The molecule has 0 aliphatic heterocycles. The van der Waals surface area contributed by atoms with Gasteiger partial charge in [0.15, 0.2) is 17.0 Å². The van der Waals surface area contributed by atoms with Crippen molar-refractivity contribution in [2.75, 3.05) is 17.2 Å². The molecule has 8 nitrogen and oxygen atoms in total. The van der Waals surface area contributed by atoms with Crippen LogP contribution >= 0.6 is 0 Å². The lowest BCUT2D eigenvalue weighted by Gasteiger charge is -2.12. The summed E-state index contributed by atoms with van der Waals surface area (Å²) in [4.78, 5) is 17.9. The molecule has 0 fully saturated rings. The van der Waals surface area contributed by atoms with Crippen LogP contribution in [-0.2, 0) is 6.54 Å². The van der Waals surface area contributed by atoms with Crippen LogP contribution < -0.4 is 10.6 Å². The van der Waals surface area contributed by atoms with Crippen LogP contribution in [0, 0.1) is 0 Å². The van der Waals surface area contributed by atoms with E-state index >= 15 is 0 Å². The molecule has 1 atom stereocenters. The van der Waals surface area contributed by atoms with Gasteiger partial charge < -0.3 is 20.3 Å². The molecule has 1 unspecified atom stereocenters. The van der Waals surface area contributed by atoms with Crippen LogP contribution in [0.15, 0.2) is 30.9 Å². The lowest BCUT2D eigenvalue weighted by atomic mass is 10.2. The Labute approximate surface area is 159 Å². The van der Waals surface area contributed by atoms with Gasteiger partial charge in [-0.2, -0.15) is 9.97 Å². The van der Waals surface area contributed by atoms with Crippen molar-refractivity contribution in [2.45, 2.75) is 52.3 Å². The van der Waals surface area contributed by atoms with Gasteiger partial charge in [0.25, 0.3) is 0 Å². The zero-order valence-corrected chi connectivity index (χ0v) is 16.1. The van der Waals surface area contributed by atoms with Crippen molar-refractivity contribution >= 4 is 22.9 Å². The number of aromatic nitrogens is 5. The highest BCUT2D eigenvalue weighted by atomic mass is 16.3. The average Bonchev–Trinajstić information content (AvgIpc) is 3.08. The Morgan fingerprint density at radius 1 is 1.19 bits per heavy atom. The van der Waals surface area contributed by atoms with E-state index in [0.717, 1.165) is 29.6 Å². The number of rotatable bonds is 9. The molecule has 3 heterocycles. The van der Waals surface area contributed by atoms with Crippen LogP contribution in [0.3, 0.4) is 0 Å². The maximum absolute atomic E-state index is 9.40. The highest BCUT2D eigenvalue weighted by molar-refractivity contribution is 5.84. The molecule has 0 saturated carbocycles. The van der Waals surface area contributed by atoms with E-state index in [-0.39, 0.29) is 12.1 Å². The number of aliphatic hydroxyl groups is 1. The van der Waals surface area contributed by atoms with Crippen LogP contribution in [0.4, 0.5) is 11.8 Å². The molecule has 0 saturated heterocycles.